The summed E-state index contributed by atoms with van der Waals surface area (Å²) >= 11 is 0. The monoisotopic (exact) mass is 548 g/mol. The topological polar surface area (TPSA) is 117 Å². The highest BCUT2D eigenvalue weighted by Gasteiger charge is 2.22. The molecule has 0 saturated carbocycles. The smallest absolute Gasteiger partial charge is 0.262 e. The molecule has 0 aliphatic heterocycles. The number of fused-ring (bicyclic) bond motifs is 1. The third kappa shape index (κ3) is 7.62. The van der Waals surface area contributed by atoms with Crippen LogP contribution in [-0.2, 0) is 19.6 Å². The number of hydrogen-bond donors (Lipinski definition) is 2. The van der Waals surface area contributed by atoms with Gasteiger partial charge in [-0.3, -0.25) is 13.9 Å². The van der Waals surface area contributed by atoms with Gasteiger partial charge in [0.1, 0.15) is 18.1 Å². The molecule has 0 fully saturated rings. The van der Waals surface area contributed by atoms with E-state index in [0.29, 0.717) is 28.1 Å². The number of hydrogen-bond acceptors (Lipinski definition) is 6. The molecule has 0 heterocycles. The van der Waals surface area contributed by atoms with E-state index in [4.69, 9.17) is 4.74 Å². The summed E-state index contributed by atoms with van der Waals surface area (Å²) in [4.78, 5) is 24.5. The number of carbonyl (C=O) groups excluding carboxylic acids is 2. The molecule has 0 aliphatic carbocycles. The quantitative estimate of drug-likeness (QED) is 0.230. The Kier molecular flexibility index (Phi) is 8.52. The first-order valence-electron chi connectivity index (χ1n) is 11.7. The van der Waals surface area contributed by atoms with Gasteiger partial charge in [-0.1, -0.05) is 36.4 Å². The van der Waals surface area contributed by atoms with Crippen LogP contribution in [0.2, 0.25) is 0 Å². The largest absolute Gasteiger partial charge is 0.484 e. The minimum absolute atomic E-state index is 0.242. The third-order valence-corrected chi connectivity index (χ3v) is 6.63. The van der Waals surface area contributed by atoms with Crippen LogP contribution in [0, 0.1) is 5.82 Å². The number of sulfonamides is 1. The molecule has 4 aromatic carbocycles. The van der Waals surface area contributed by atoms with Gasteiger partial charge in [-0.15, -0.1) is 0 Å². The Morgan fingerprint density at radius 1 is 0.923 bits per heavy atom. The SMILES string of the molecule is CS(=O)(=O)N(CC(=O)N/N=C/c1ccc(OCC(=O)Nc2ccc(F)cc2)cc1)c1cccc2ccccc12. The lowest BCUT2D eigenvalue weighted by atomic mass is 10.1. The lowest BCUT2D eigenvalue weighted by molar-refractivity contribution is -0.119. The fraction of sp³-hybridized carbons (Fsp3) is 0.107. The second-order valence-electron chi connectivity index (χ2n) is 8.47. The summed E-state index contributed by atoms with van der Waals surface area (Å²) in [5.41, 5.74) is 3.84. The van der Waals surface area contributed by atoms with Crippen molar-refractivity contribution in [3.05, 3.63) is 102 Å². The van der Waals surface area contributed by atoms with Gasteiger partial charge >= 0.3 is 0 Å². The number of halogens is 1. The van der Waals surface area contributed by atoms with E-state index in [9.17, 15) is 22.4 Å². The van der Waals surface area contributed by atoms with Gasteiger partial charge in [0.05, 0.1) is 18.2 Å². The molecule has 4 aromatic rings. The summed E-state index contributed by atoms with van der Waals surface area (Å²) in [5.74, 6) is -0.980. The van der Waals surface area contributed by atoms with Gasteiger partial charge in [0.25, 0.3) is 11.8 Å². The first-order chi connectivity index (χ1) is 18.7. The van der Waals surface area contributed by atoms with Crippen molar-refractivity contribution in [2.75, 3.05) is 29.0 Å². The zero-order chi connectivity index (χ0) is 27.8. The predicted octanol–water partition coefficient (Wildman–Crippen LogP) is 3.91. The Morgan fingerprint density at radius 2 is 1.62 bits per heavy atom. The van der Waals surface area contributed by atoms with E-state index in [2.05, 4.69) is 15.8 Å². The molecule has 11 heteroatoms. The second-order valence-corrected chi connectivity index (χ2v) is 10.4. The van der Waals surface area contributed by atoms with Crippen molar-refractivity contribution in [2.45, 2.75) is 0 Å². The molecule has 200 valence electrons. The number of anilines is 2. The number of ether oxygens (including phenoxy) is 1. The fourth-order valence-corrected chi connectivity index (χ4v) is 4.55. The highest BCUT2D eigenvalue weighted by molar-refractivity contribution is 7.92. The van der Waals surface area contributed by atoms with Gasteiger partial charge in [-0.05, 0) is 65.5 Å². The maximum atomic E-state index is 13.0. The molecule has 0 atom stereocenters. The number of amides is 2. The second kappa shape index (κ2) is 12.2. The Labute approximate surface area is 225 Å². The number of carbonyl (C=O) groups is 2. The summed E-state index contributed by atoms with van der Waals surface area (Å²) in [6.07, 6.45) is 2.44. The van der Waals surface area contributed by atoms with Crippen molar-refractivity contribution in [2.24, 2.45) is 5.10 Å². The van der Waals surface area contributed by atoms with Crippen LogP contribution in [0.15, 0.2) is 96.1 Å². The van der Waals surface area contributed by atoms with E-state index in [1.165, 1.54) is 30.5 Å². The van der Waals surface area contributed by atoms with Crippen LogP contribution in [0.4, 0.5) is 15.8 Å². The van der Waals surface area contributed by atoms with E-state index in [0.717, 1.165) is 15.9 Å². The molecule has 0 radical (unpaired) electrons. The molecular weight excluding hydrogens is 523 g/mol. The first kappa shape index (κ1) is 27.3. The van der Waals surface area contributed by atoms with Crippen molar-refractivity contribution >= 4 is 50.2 Å². The van der Waals surface area contributed by atoms with Crippen molar-refractivity contribution in [1.29, 1.82) is 0 Å². The van der Waals surface area contributed by atoms with Crippen LogP contribution in [-0.4, -0.2) is 45.9 Å². The van der Waals surface area contributed by atoms with Gasteiger partial charge < -0.3 is 10.1 Å². The van der Waals surface area contributed by atoms with Crippen LogP contribution in [0.25, 0.3) is 10.8 Å². The number of nitrogens with zero attached hydrogens (tertiary/aromatic N) is 2. The molecule has 0 saturated heterocycles. The molecule has 2 N–H and O–H groups in total. The molecule has 0 aliphatic rings. The van der Waals surface area contributed by atoms with Crippen molar-refractivity contribution < 1.29 is 27.1 Å². The maximum absolute atomic E-state index is 13.0. The number of benzene rings is 4. The molecule has 0 bridgehead atoms. The maximum Gasteiger partial charge on any atom is 0.262 e. The summed E-state index contributed by atoms with van der Waals surface area (Å²) in [7, 11) is -3.75. The van der Waals surface area contributed by atoms with E-state index in [1.807, 2.05) is 18.2 Å². The van der Waals surface area contributed by atoms with Crippen LogP contribution >= 0.6 is 0 Å². The minimum atomic E-state index is -3.75. The van der Waals surface area contributed by atoms with Gasteiger partial charge in [0.15, 0.2) is 6.61 Å². The lowest BCUT2D eigenvalue weighted by Gasteiger charge is -2.23. The fourth-order valence-electron chi connectivity index (χ4n) is 3.68. The van der Waals surface area contributed by atoms with Gasteiger partial charge in [0.2, 0.25) is 10.0 Å². The van der Waals surface area contributed by atoms with Gasteiger partial charge in [-0.25, -0.2) is 18.2 Å². The van der Waals surface area contributed by atoms with Crippen molar-refractivity contribution in [1.82, 2.24) is 5.43 Å². The van der Waals surface area contributed by atoms with Gasteiger partial charge in [-0.2, -0.15) is 5.10 Å². The Morgan fingerprint density at radius 3 is 2.33 bits per heavy atom. The predicted molar refractivity (Wildman–Crippen MR) is 149 cm³/mol. The van der Waals surface area contributed by atoms with E-state index >= 15 is 0 Å². The van der Waals surface area contributed by atoms with Crippen LogP contribution in [0.3, 0.4) is 0 Å². The summed E-state index contributed by atoms with van der Waals surface area (Å²) in [6.45, 7) is -0.689. The Balaban J connectivity index is 1.31. The van der Waals surface area contributed by atoms with Crippen LogP contribution in [0.1, 0.15) is 5.56 Å². The third-order valence-electron chi connectivity index (χ3n) is 5.50. The molecule has 9 nitrogen and oxygen atoms in total. The molecule has 0 aromatic heterocycles. The molecule has 0 unspecified atom stereocenters. The van der Waals surface area contributed by atoms with E-state index in [-0.39, 0.29) is 6.61 Å². The van der Waals surface area contributed by atoms with E-state index < -0.39 is 34.2 Å². The molecule has 4 rings (SSSR count). The zero-order valence-corrected chi connectivity index (χ0v) is 21.7. The standard InChI is InChI=1S/C28H25FN4O5S/c1-39(36,37)33(26-8-4-6-21-5-2-3-7-25(21)26)18-27(34)32-30-17-20-9-15-24(16-10-20)38-19-28(35)31-23-13-11-22(29)12-14-23/h2-17H,18-19H2,1H3,(H,31,35)(H,32,34)/b30-17+. The summed E-state index contributed by atoms with van der Waals surface area (Å²) in [5, 5.41) is 8.07. The highest BCUT2D eigenvalue weighted by atomic mass is 32.2. The highest BCUT2D eigenvalue weighted by Crippen LogP contribution is 2.28. The van der Waals surface area contributed by atoms with Crippen LogP contribution in [0.5, 0.6) is 5.75 Å². The molecule has 39 heavy (non-hydrogen) atoms. The zero-order valence-electron chi connectivity index (χ0n) is 20.9. The summed E-state index contributed by atoms with van der Waals surface area (Å²) < 4.78 is 44.4. The molecule has 0 spiro atoms. The molecular formula is C28H25FN4O5S. The van der Waals surface area contributed by atoms with Gasteiger partial charge in [0, 0.05) is 11.1 Å². The van der Waals surface area contributed by atoms with E-state index in [1.54, 1.807) is 48.5 Å². The van der Waals surface area contributed by atoms with Crippen LogP contribution < -0.4 is 19.8 Å². The van der Waals surface area contributed by atoms with Crippen molar-refractivity contribution in [3.63, 3.8) is 0 Å². The Hall–Kier alpha value is -4.77. The first-order valence-corrected chi connectivity index (χ1v) is 13.6. The minimum Gasteiger partial charge on any atom is -0.484 e. The lowest BCUT2D eigenvalue weighted by Crippen LogP contribution is -2.39. The Bertz CT molecular complexity index is 1600. The number of hydrazone groups is 1. The normalized spacial score (nSPS) is 11.3. The molecule has 2 amide bonds. The average molecular weight is 549 g/mol. The van der Waals surface area contributed by atoms with Crippen molar-refractivity contribution in [3.8, 4) is 5.75 Å². The number of nitrogens with one attached hydrogen (secondary N) is 2. The number of rotatable bonds is 10. The summed E-state index contributed by atoms with van der Waals surface area (Å²) in [6, 6.07) is 24.5. The average Bonchev–Trinajstić information content (AvgIpc) is 2.92.